The van der Waals surface area contributed by atoms with E-state index >= 15 is 0 Å². The third-order valence-corrected chi connectivity index (χ3v) is 3.11. The van der Waals surface area contributed by atoms with Crippen molar-refractivity contribution in [3.8, 4) is 0 Å². The van der Waals surface area contributed by atoms with Gasteiger partial charge in [0.15, 0.2) is 0 Å². The first kappa shape index (κ1) is 14.7. The summed E-state index contributed by atoms with van der Waals surface area (Å²) in [6.45, 7) is 4.62. The number of sulfonamides is 1. The van der Waals surface area contributed by atoms with Crippen LogP contribution < -0.4 is 5.14 Å². The molecular formula is C7H15N2O4S2-. The number of hydrogen-bond donors (Lipinski definition) is 1. The van der Waals surface area contributed by atoms with E-state index in [1.54, 1.807) is 0 Å². The summed E-state index contributed by atoms with van der Waals surface area (Å²) in [4.78, 5) is 0. The van der Waals surface area contributed by atoms with E-state index in [-0.39, 0.29) is 5.75 Å². The minimum absolute atomic E-state index is 0.146. The molecule has 15 heavy (non-hydrogen) atoms. The molecule has 90 valence electrons. The summed E-state index contributed by atoms with van der Waals surface area (Å²) in [7, 11) is -3.29. The van der Waals surface area contributed by atoms with Gasteiger partial charge in [-0.15, -0.1) is 6.58 Å². The largest absolute Gasteiger partial charge is 0.760 e. The van der Waals surface area contributed by atoms with Crippen molar-refractivity contribution in [2.24, 2.45) is 5.14 Å². The van der Waals surface area contributed by atoms with Crippen molar-refractivity contribution in [1.82, 2.24) is 4.31 Å². The Balaban J connectivity index is 0.000000265. The summed E-state index contributed by atoms with van der Waals surface area (Å²) < 4.78 is 41.6. The molecule has 0 bridgehead atoms. The second-order valence-corrected chi connectivity index (χ2v) is 5.58. The van der Waals surface area contributed by atoms with Crippen LogP contribution in [0, 0.1) is 0 Å². The van der Waals surface area contributed by atoms with Crippen molar-refractivity contribution in [1.29, 1.82) is 0 Å². The average molecular weight is 255 g/mol. The molecule has 1 rings (SSSR count). The van der Waals surface area contributed by atoms with Gasteiger partial charge >= 0.3 is 0 Å². The van der Waals surface area contributed by atoms with Crippen molar-refractivity contribution >= 4 is 21.3 Å². The molecule has 0 aromatic rings. The zero-order valence-corrected chi connectivity index (χ0v) is 9.93. The van der Waals surface area contributed by atoms with E-state index in [2.05, 4.69) is 11.7 Å². The van der Waals surface area contributed by atoms with Crippen molar-refractivity contribution in [3.63, 3.8) is 0 Å². The van der Waals surface area contributed by atoms with Gasteiger partial charge in [-0.25, -0.2) is 17.9 Å². The van der Waals surface area contributed by atoms with Crippen molar-refractivity contribution in [2.75, 3.05) is 18.8 Å². The molecule has 0 amide bonds. The van der Waals surface area contributed by atoms with Gasteiger partial charge in [-0.2, -0.15) is 0 Å². The van der Waals surface area contributed by atoms with Crippen LogP contribution in [0.5, 0.6) is 0 Å². The molecule has 1 fully saturated rings. The summed E-state index contributed by atoms with van der Waals surface area (Å²) >= 11 is -1.96. The highest BCUT2D eigenvalue weighted by atomic mass is 32.2. The summed E-state index contributed by atoms with van der Waals surface area (Å²) in [5, 5.41) is 4.55. The van der Waals surface area contributed by atoms with Crippen molar-refractivity contribution in [3.05, 3.63) is 12.7 Å². The van der Waals surface area contributed by atoms with Gasteiger partial charge in [0.05, 0.1) is 5.75 Å². The van der Waals surface area contributed by atoms with E-state index in [0.717, 1.165) is 25.9 Å². The van der Waals surface area contributed by atoms with Gasteiger partial charge < -0.3 is 4.55 Å². The van der Waals surface area contributed by atoms with E-state index in [0.29, 0.717) is 0 Å². The van der Waals surface area contributed by atoms with E-state index in [4.69, 9.17) is 0 Å². The molecule has 0 radical (unpaired) electrons. The third-order valence-electron chi connectivity index (χ3n) is 1.63. The molecule has 1 saturated heterocycles. The topological polar surface area (TPSA) is 104 Å². The van der Waals surface area contributed by atoms with Gasteiger partial charge in [0, 0.05) is 24.4 Å². The van der Waals surface area contributed by atoms with Crippen LogP contribution in [0.2, 0.25) is 0 Å². The number of nitrogens with two attached hydrogens (primary N) is 1. The molecule has 0 aromatic heterocycles. The standard InChI is InChI=1S/C4H9NO2S.C3H7NO2S/c6-8(7)5-3-1-2-4-5;1-2-3-7(4,5)6/h1-4H2,(H,6,7);2H,1,3H2,(H2,4,5,6)/p-1. The number of primary sulfonamides is 1. The fourth-order valence-corrected chi connectivity index (χ4v) is 1.89. The Hall–Kier alpha value is -0.280. The number of nitrogens with zero attached hydrogens (tertiary/aromatic N) is 1. The molecule has 0 saturated carbocycles. The lowest BCUT2D eigenvalue weighted by atomic mass is 10.4. The Morgan fingerprint density at radius 1 is 1.47 bits per heavy atom. The van der Waals surface area contributed by atoms with Gasteiger partial charge in [0.1, 0.15) is 0 Å². The zero-order valence-electron chi connectivity index (χ0n) is 8.29. The van der Waals surface area contributed by atoms with E-state index in [9.17, 15) is 17.2 Å². The lowest BCUT2D eigenvalue weighted by molar-refractivity contribution is 0.438. The molecule has 0 aliphatic carbocycles. The average Bonchev–Trinajstić information content (AvgIpc) is 2.53. The monoisotopic (exact) mass is 255 g/mol. The minimum atomic E-state index is -3.29. The molecular weight excluding hydrogens is 240 g/mol. The van der Waals surface area contributed by atoms with Gasteiger partial charge in [-0.3, -0.25) is 4.21 Å². The van der Waals surface area contributed by atoms with Crippen LogP contribution in [0.3, 0.4) is 0 Å². The van der Waals surface area contributed by atoms with Gasteiger partial charge in [0.2, 0.25) is 10.0 Å². The smallest absolute Gasteiger partial charge is 0.212 e. The maximum Gasteiger partial charge on any atom is 0.212 e. The maximum atomic E-state index is 10.1. The molecule has 0 spiro atoms. The third kappa shape index (κ3) is 8.70. The first-order valence-corrected chi connectivity index (χ1v) is 7.07. The maximum absolute atomic E-state index is 10.1. The Morgan fingerprint density at radius 2 is 1.93 bits per heavy atom. The molecule has 1 unspecified atom stereocenters. The van der Waals surface area contributed by atoms with Crippen molar-refractivity contribution < 1.29 is 17.2 Å². The van der Waals surface area contributed by atoms with Crippen LogP contribution >= 0.6 is 0 Å². The highest BCUT2D eigenvalue weighted by molar-refractivity contribution is 7.89. The minimum Gasteiger partial charge on any atom is -0.760 e. The summed E-state index contributed by atoms with van der Waals surface area (Å²) in [6.07, 6.45) is 3.29. The second-order valence-electron chi connectivity index (χ2n) is 2.97. The lowest BCUT2D eigenvalue weighted by Crippen LogP contribution is -2.20. The molecule has 6 nitrogen and oxygen atoms in total. The fourth-order valence-electron chi connectivity index (χ4n) is 1.00. The predicted molar refractivity (Wildman–Crippen MR) is 57.9 cm³/mol. The highest BCUT2D eigenvalue weighted by Crippen LogP contribution is 2.07. The van der Waals surface area contributed by atoms with E-state index in [1.807, 2.05) is 0 Å². The summed E-state index contributed by atoms with van der Waals surface area (Å²) in [6, 6.07) is 0. The van der Waals surface area contributed by atoms with E-state index < -0.39 is 21.3 Å². The van der Waals surface area contributed by atoms with E-state index in [1.165, 1.54) is 10.4 Å². The SMILES string of the molecule is C=CCS(N)(=O)=O.O=S([O-])N1CCCC1. The molecule has 8 heteroatoms. The molecule has 1 atom stereocenters. The van der Waals surface area contributed by atoms with Crippen LogP contribution in [-0.2, 0) is 21.3 Å². The molecule has 1 aliphatic heterocycles. The Kier molecular flexibility index (Phi) is 6.94. The Morgan fingerprint density at radius 3 is 2.07 bits per heavy atom. The number of hydrogen-bond acceptors (Lipinski definition) is 4. The van der Waals surface area contributed by atoms with Crippen LogP contribution in [0.1, 0.15) is 12.8 Å². The molecule has 1 heterocycles. The van der Waals surface area contributed by atoms with Crippen molar-refractivity contribution in [2.45, 2.75) is 12.8 Å². The zero-order chi connectivity index (χ0) is 11.9. The highest BCUT2D eigenvalue weighted by Gasteiger charge is 2.10. The van der Waals surface area contributed by atoms with Crippen LogP contribution in [0.15, 0.2) is 12.7 Å². The number of rotatable bonds is 3. The molecule has 0 aromatic carbocycles. The summed E-state index contributed by atoms with van der Waals surface area (Å²) in [5.74, 6) is -0.146. The predicted octanol–water partition coefficient (Wildman–Crippen LogP) is -0.663. The lowest BCUT2D eigenvalue weighted by Gasteiger charge is -2.15. The Labute approximate surface area is 92.6 Å². The fraction of sp³-hybridized carbons (Fsp3) is 0.714. The normalized spacial score (nSPS) is 19.1. The van der Waals surface area contributed by atoms with Gasteiger partial charge in [-0.1, -0.05) is 6.08 Å². The summed E-state index contributed by atoms with van der Waals surface area (Å²) in [5.41, 5.74) is 0. The quantitative estimate of drug-likeness (QED) is 0.534. The van der Waals surface area contributed by atoms with Gasteiger partial charge in [-0.05, 0) is 12.8 Å². The van der Waals surface area contributed by atoms with Gasteiger partial charge in [0.25, 0.3) is 0 Å². The molecule has 1 aliphatic rings. The van der Waals surface area contributed by atoms with Crippen LogP contribution in [-0.4, -0.2) is 40.3 Å². The van der Waals surface area contributed by atoms with Crippen LogP contribution in [0.25, 0.3) is 0 Å². The van der Waals surface area contributed by atoms with Crippen LogP contribution in [0.4, 0.5) is 0 Å². The first-order valence-electron chi connectivity index (χ1n) is 4.32. The molecule has 2 N–H and O–H groups in total. The Bertz CT molecular complexity index is 309. The first-order chi connectivity index (χ1) is 6.87. The second kappa shape index (κ2) is 7.07.